The lowest BCUT2D eigenvalue weighted by atomic mass is 10.2. The Labute approximate surface area is 204 Å². The molecule has 0 aromatic heterocycles. The summed E-state index contributed by atoms with van der Waals surface area (Å²) in [5, 5.41) is 4.44. The van der Waals surface area contributed by atoms with Gasteiger partial charge in [0.05, 0.1) is 21.2 Å². The molecule has 0 saturated heterocycles. The van der Waals surface area contributed by atoms with E-state index in [0.717, 1.165) is 12.1 Å². The van der Waals surface area contributed by atoms with Crippen molar-refractivity contribution >= 4 is 50.5 Å². The molecule has 0 radical (unpaired) electrons. The summed E-state index contributed by atoms with van der Waals surface area (Å²) in [6, 6.07) is 15.6. The van der Waals surface area contributed by atoms with Gasteiger partial charge in [-0.1, -0.05) is 29.8 Å². The van der Waals surface area contributed by atoms with Crippen LogP contribution in [-0.2, 0) is 25.8 Å². The standard InChI is InChI=1S/C23H19ClF3N3O4S/c1-15(31)28-16-7-9-17(10-8-16)29-22(32)14-30(35(33,34)19-5-3-2-4-6-19)18-11-12-21(24)20(13-18)23(25,26)27/h2-13H,14H2,1H3,(H,28,31)(H,29,32). The van der Waals surface area contributed by atoms with Gasteiger partial charge in [-0.3, -0.25) is 13.9 Å². The zero-order valence-electron chi connectivity index (χ0n) is 18.1. The molecular formula is C23H19ClF3N3O4S. The molecule has 0 aliphatic carbocycles. The molecular weight excluding hydrogens is 507 g/mol. The average Bonchev–Trinajstić information content (AvgIpc) is 2.79. The van der Waals surface area contributed by atoms with Crippen LogP contribution >= 0.6 is 11.6 Å². The molecule has 2 amide bonds. The Morgan fingerprint density at radius 1 is 0.914 bits per heavy atom. The van der Waals surface area contributed by atoms with E-state index in [4.69, 9.17) is 11.6 Å². The molecule has 0 unspecified atom stereocenters. The normalized spacial score (nSPS) is 11.6. The molecule has 0 saturated carbocycles. The smallest absolute Gasteiger partial charge is 0.326 e. The zero-order valence-corrected chi connectivity index (χ0v) is 19.7. The first-order valence-electron chi connectivity index (χ1n) is 10.00. The number of alkyl halides is 3. The number of hydrogen-bond acceptors (Lipinski definition) is 4. The third kappa shape index (κ3) is 6.52. The minimum absolute atomic E-state index is 0.212. The molecule has 2 N–H and O–H groups in total. The third-order valence-corrected chi connectivity index (χ3v) is 6.77. The second-order valence-electron chi connectivity index (χ2n) is 7.29. The van der Waals surface area contributed by atoms with Crippen molar-refractivity contribution in [2.24, 2.45) is 0 Å². The number of rotatable bonds is 7. The molecule has 0 spiro atoms. The Balaban J connectivity index is 1.95. The number of hydrogen-bond donors (Lipinski definition) is 2. The summed E-state index contributed by atoms with van der Waals surface area (Å²) >= 11 is 5.68. The van der Waals surface area contributed by atoms with Crippen LogP contribution in [-0.4, -0.2) is 26.8 Å². The molecule has 3 aromatic rings. The van der Waals surface area contributed by atoms with E-state index in [-0.39, 0.29) is 22.2 Å². The van der Waals surface area contributed by atoms with Gasteiger partial charge in [0.1, 0.15) is 6.54 Å². The summed E-state index contributed by atoms with van der Waals surface area (Å²) in [6.45, 7) is 0.516. The van der Waals surface area contributed by atoms with Crippen molar-refractivity contribution in [3.63, 3.8) is 0 Å². The van der Waals surface area contributed by atoms with Crippen molar-refractivity contribution in [2.45, 2.75) is 18.0 Å². The molecule has 12 heteroatoms. The van der Waals surface area contributed by atoms with Gasteiger partial charge in [-0.25, -0.2) is 8.42 Å². The van der Waals surface area contributed by atoms with E-state index in [1.165, 1.54) is 55.5 Å². The third-order valence-electron chi connectivity index (χ3n) is 4.65. The average molecular weight is 526 g/mol. The number of benzene rings is 3. The highest BCUT2D eigenvalue weighted by molar-refractivity contribution is 7.92. The Hall–Kier alpha value is -3.57. The van der Waals surface area contributed by atoms with Crippen molar-refractivity contribution in [1.82, 2.24) is 0 Å². The van der Waals surface area contributed by atoms with Gasteiger partial charge in [0, 0.05) is 18.3 Å². The highest BCUT2D eigenvalue weighted by Gasteiger charge is 2.35. The van der Waals surface area contributed by atoms with E-state index >= 15 is 0 Å². The summed E-state index contributed by atoms with van der Waals surface area (Å²) in [4.78, 5) is 23.7. The topological polar surface area (TPSA) is 95.6 Å². The van der Waals surface area contributed by atoms with E-state index in [2.05, 4.69) is 10.6 Å². The molecule has 0 heterocycles. The van der Waals surface area contributed by atoms with Gasteiger partial charge >= 0.3 is 6.18 Å². The van der Waals surface area contributed by atoms with E-state index in [1.807, 2.05) is 0 Å². The summed E-state index contributed by atoms with van der Waals surface area (Å²) in [5.41, 5.74) is -0.862. The zero-order chi connectivity index (χ0) is 25.8. The van der Waals surface area contributed by atoms with Gasteiger partial charge in [-0.15, -0.1) is 0 Å². The molecule has 0 fully saturated rings. The van der Waals surface area contributed by atoms with Crippen LogP contribution in [0, 0.1) is 0 Å². The van der Waals surface area contributed by atoms with Gasteiger partial charge in [0.2, 0.25) is 11.8 Å². The lowest BCUT2D eigenvalue weighted by molar-refractivity contribution is -0.137. The molecule has 3 rings (SSSR count). The predicted molar refractivity (Wildman–Crippen MR) is 127 cm³/mol. The molecule has 3 aromatic carbocycles. The predicted octanol–water partition coefficient (Wildman–Crippen LogP) is 5.15. The summed E-state index contributed by atoms with van der Waals surface area (Å²) in [6.07, 6.45) is -4.84. The lowest BCUT2D eigenvalue weighted by Gasteiger charge is -2.25. The fourth-order valence-corrected chi connectivity index (χ4v) is 4.75. The highest BCUT2D eigenvalue weighted by atomic mass is 35.5. The summed E-state index contributed by atoms with van der Waals surface area (Å²) in [7, 11) is -4.42. The Morgan fingerprint density at radius 3 is 2.03 bits per heavy atom. The first kappa shape index (κ1) is 26.0. The number of sulfonamides is 1. The molecule has 7 nitrogen and oxygen atoms in total. The van der Waals surface area contributed by atoms with Crippen LogP contribution in [0.25, 0.3) is 0 Å². The van der Waals surface area contributed by atoms with Crippen LogP contribution in [0.2, 0.25) is 5.02 Å². The van der Waals surface area contributed by atoms with Crippen molar-refractivity contribution in [1.29, 1.82) is 0 Å². The minimum Gasteiger partial charge on any atom is -0.326 e. The molecule has 184 valence electrons. The molecule has 0 aliphatic heterocycles. The Morgan fingerprint density at radius 2 is 1.49 bits per heavy atom. The quantitative estimate of drug-likeness (QED) is 0.446. The van der Waals surface area contributed by atoms with Crippen LogP contribution in [0.15, 0.2) is 77.7 Å². The molecule has 35 heavy (non-hydrogen) atoms. The first-order valence-corrected chi connectivity index (χ1v) is 11.8. The van der Waals surface area contributed by atoms with Crippen LogP contribution in [0.1, 0.15) is 12.5 Å². The number of carbonyl (C=O) groups excluding carboxylic acids is 2. The van der Waals surface area contributed by atoms with Crippen molar-refractivity contribution in [3.05, 3.63) is 83.4 Å². The van der Waals surface area contributed by atoms with E-state index in [1.54, 1.807) is 6.07 Å². The molecule has 0 bridgehead atoms. The van der Waals surface area contributed by atoms with E-state index in [0.29, 0.717) is 16.1 Å². The number of nitrogens with one attached hydrogen (secondary N) is 2. The maximum atomic E-state index is 13.4. The van der Waals surface area contributed by atoms with Crippen molar-refractivity contribution in [2.75, 3.05) is 21.5 Å². The minimum atomic E-state index is -4.84. The monoisotopic (exact) mass is 525 g/mol. The first-order chi connectivity index (χ1) is 16.4. The molecule has 0 aliphatic rings. The second-order valence-corrected chi connectivity index (χ2v) is 9.56. The number of amides is 2. The summed E-state index contributed by atoms with van der Waals surface area (Å²) in [5.74, 6) is -1.09. The largest absolute Gasteiger partial charge is 0.417 e. The van der Waals surface area contributed by atoms with Gasteiger partial charge < -0.3 is 10.6 Å². The van der Waals surface area contributed by atoms with Crippen LogP contribution in [0.3, 0.4) is 0 Å². The van der Waals surface area contributed by atoms with Gasteiger partial charge in [0.15, 0.2) is 0 Å². The van der Waals surface area contributed by atoms with Crippen molar-refractivity contribution < 1.29 is 31.2 Å². The van der Waals surface area contributed by atoms with Crippen LogP contribution in [0.4, 0.5) is 30.2 Å². The van der Waals surface area contributed by atoms with E-state index in [9.17, 15) is 31.2 Å². The van der Waals surface area contributed by atoms with Crippen LogP contribution < -0.4 is 14.9 Å². The fourth-order valence-electron chi connectivity index (χ4n) is 3.09. The maximum Gasteiger partial charge on any atom is 0.417 e. The highest BCUT2D eigenvalue weighted by Crippen LogP contribution is 2.38. The van der Waals surface area contributed by atoms with Crippen LogP contribution in [0.5, 0.6) is 0 Å². The number of halogens is 4. The summed E-state index contributed by atoms with van der Waals surface area (Å²) < 4.78 is 67.4. The second kappa shape index (κ2) is 10.4. The van der Waals surface area contributed by atoms with Gasteiger partial charge in [-0.2, -0.15) is 13.2 Å². The number of anilines is 3. The Kier molecular flexibility index (Phi) is 7.71. The maximum absolute atomic E-state index is 13.4. The van der Waals surface area contributed by atoms with Gasteiger partial charge in [0.25, 0.3) is 10.0 Å². The number of carbonyl (C=O) groups is 2. The SMILES string of the molecule is CC(=O)Nc1ccc(NC(=O)CN(c2ccc(Cl)c(C(F)(F)F)c2)S(=O)(=O)c2ccccc2)cc1. The fraction of sp³-hybridized carbons (Fsp3) is 0.130. The Bertz CT molecular complexity index is 1330. The lowest BCUT2D eigenvalue weighted by Crippen LogP contribution is -2.38. The van der Waals surface area contributed by atoms with Gasteiger partial charge in [-0.05, 0) is 54.6 Å². The van der Waals surface area contributed by atoms with E-state index < -0.39 is 39.2 Å². The molecule has 0 atom stereocenters. The van der Waals surface area contributed by atoms with Crippen molar-refractivity contribution in [3.8, 4) is 0 Å². The number of nitrogens with zero attached hydrogens (tertiary/aromatic N) is 1.